The Balaban J connectivity index is 1.46. The maximum atomic E-state index is 6.00. The molecule has 1 saturated heterocycles. The Labute approximate surface area is 167 Å². The Bertz CT molecular complexity index is 531. The minimum atomic E-state index is -0.0428. The van der Waals surface area contributed by atoms with Crippen LogP contribution in [0.4, 0.5) is 0 Å². The van der Waals surface area contributed by atoms with Crippen molar-refractivity contribution < 1.29 is 9.47 Å². The van der Waals surface area contributed by atoms with Gasteiger partial charge >= 0.3 is 0 Å². The standard InChI is InChI=1S/C25H40O2/c1-3-4-5-6-7-8-9-10-11-12-13-14-15-18-23-19-16-17-20-24(23)26-21-25(2)22-27-25/h5-6,16-17,19-20H,3-4,7-15,18,21-22H2,1-2H3/b6-5+. The highest BCUT2D eigenvalue weighted by Crippen LogP contribution is 2.28. The highest BCUT2D eigenvalue weighted by Gasteiger charge is 2.40. The maximum Gasteiger partial charge on any atom is 0.123 e. The lowest BCUT2D eigenvalue weighted by molar-refractivity contribution is 0.201. The first-order chi connectivity index (χ1) is 13.2. The van der Waals surface area contributed by atoms with Gasteiger partial charge in [0.2, 0.25) is 0 Å². The van der Waals surface area contributed by atoms with Crippen LogP contribution >= 0.6 is 0 Å². The highest BCUT2D eigenvalue weighted by atomic mass is 16.6. The number of ether oxygens (including phenoxy) is 2. The third-order valence-electron chi connectivity index (χ3n) is 5.33. The second-order valence-electron chi connectivity index (χ2n) is 8.26. The van der Waals surface area contributed by atoms with Crippen molar-refractivity contribution in [2.24, 2.45) is 0 Å². The smallest absolute Gasteiger partial charge is 0.123 e. The number of aryl methyl sites for hydroxylation is 1. The van der Waals surface area contributed by atoms with E-state index in [9.17, 15) is 0 Å². The van der Waals surface area contributed by atoms with Crippen molar-refractivity contribution in [2.75, 3.05) is 13.2 Å². The number of benzene rings is 1. The molecular weight excluding hydrogens is 332 g/mol. The molecule has 1 aliphatic rings. The molecule has 1 aromatic rings. The molecule has 1 unspecified atom stereocenters. The molecule has 1 fully saturated rings. The lowest BCUT2D eigenvalue weighted by Gasteiger charge is -2.13. The summed E-state index contributed by atoms with van der Waals surface area (Å²) in [4.78, 5) is 0. The van der Waals surface area contributed by atoms with E-state index in [-0.39, 0.29) is 5.60 Å². The molecule has 0 saturated carbocycles. The normalized spacial score (nSPS) is 18.9. The van der Waals surface area contributed by atoms with E-state index in [0.717, 1.165) is 18.8 Å². The minimum Gasteiger partial charge on any atom is -0.490 e. The zero-order valence-electron chi connectivity index (χ0n) is 17.7. The third kappa shape index (κ3) is 10.0. The van der Waals surface area contributed by atoms with Crippen LogP contribution in [0.25, 0.3) is 0 Å². The summed E-state index contributed by atoms with van der Waals surface area (Å²) in [6.45, 7) is 5.84. The Morgan fingerprint density at radius 2 is 1.56 bits per heavy atom. The second kappa shape index (κ2) is 13.0. The van der Waals surface area contributed by atoms with Crippen molar-refractivity contribution in [1.29, 1.82) is 0 Å². The number of unbranched alkanes of at least 4 members (excludes halogenated alkanes) is 9. The van der Waals surface area contributed by atoms with E-state index >= 15 is 0 Å². The van der Waals surface area contributed by atoms with E-state index in [1.807, 2.05) is 0 Å². The molecule has 1 aliphatic heterocycles. The molecule has 0 N–H and O–H groups in total. The SMILES string of the molecule is CCC/C=C/CCCCCCCCCCc1ccccc1OCC1(C)CO1. The predicted octanol–water partition coefficient (Wildman–Crippen LogP) is 7.26. The van der Waals surface area contributed by atoms with Crippen LogP contribution in [-0.4, -0.2) is 18.8 Å². The van der Waals surface area contributed by atoms with Gasteiger partial charge < -0.3 is 9.47 Å². The first-order valence-electron chi connectivity index (χ1n) is 11.2. The van der Waals surface area contributed by atoms with Gasteiger partial charge in [0.25, 0.3) is 0 Å². The zero-order chi connectivity index (χ0) is 19.2. The van der Waals surface area contributed by atoms with E-state index in [1.54, 1.807) is 0 Å². The molecule has 1 atom stereocenters. The third-order valence-corrected chi connectivity index (χ3v) is 5.33. The summed E-state index contributed by atoms with van der Waals surface area (Å²) >= 11 is 0. The van der Waals surface area contributed by atoms with Crippen molar-refractivity contribution >= 4 is 0 Å². The van der Waals surface area contributed by atoms with Crippen LogP contribution in [0.15, 0.2) is 36.4 Å². The largest absolute Gasteiger partial charge is 0.490 e. The number of rotatable bonds is 16. The van der Waals surface area contributed by atoms with Gasteiger partial charge in [0.1, 0.15) is 18.0 Å². The lowest BCUT2D eigenvalue weighted by atomic mass is 10.0. The molecule has 0 aromatic heterocycles. The van der Waals surface area contributed by atoms with Crippen molar-refractivity contribution in [3.05, 3.63) is 42.0 Å². The van der Waals surface area contributed by atoms with Crippen LogP contribution in [0.3, 0.4) is 0 Å². The van der Waals surface area contributed by atoms with E-state index in [2.05, 4.69) is 50.3 Å². The molecule has 0 aliphatic carbocycles. The number of allylic oxidation sites excluding steroid dienone is 2. The molecule has 0 bridgehead atoms. The quantitative estimate of drug-likeness (QED) is 0.173. The topological polar surface area (TPSA) is 21.8 Å². The lowest BCUT2D eigenvalue weighted by Crippen LogP contribution is -2.17. The van der Waals surface area contributed by atoms with Crippen molar-refractivity contribution in [1.82, 2.24) is 0 Å². The fraction of sp³-hybridized carbons (Fsp3) is 0.680. The van der Waals surface area contributed by atoms with Crippen LogP contribution in [0.5, 0.6) is 5.75 Å². The number of para-hydroxylation sites is 1. The number of hydrogen-bond donors (Lipinski definition) is 0. The molecule has 2 heteroatoms. The van der Waals surface area contributed by atoms with Gasteiger partial charge in [-0.3, -0.25) is 0 Å². The molecular formula is C25H40O2. The molecule has 0 amide bonds. The Kier molecular flexibility index (Phi) is 10.6. The summed E-state index contributed by atoms with van der Waals surface area (Å²) in [7, 11) is 0. The van der Waals surface area contributed by atoms with Gasteiger partial charge in [0, 0.05) is 0 Å². The average Bonchev–Trinajstić information content (AvgIpc) is 3.42. The van der Waals surface area contributed by atoms with Crippen molar-refractivity contribution in [3.8, 4) is 5.75 Å². The summed E-state index contributed by atoms with van der Waals surface area (Å²) in [5, 5.41) is 0. The molecule has 152 valence electrons. The first kappa shape index (κ1) is 22.0. The fourth-order valence-corrected chi connectivity index (χ4v) is 3.33. The number of epoxide rings is 1. The summed E-state index contributed by atoms with van der Waals surface area (Å²) in [5.41, 5.74) is 1.30. The van der Waals surface area contributed by atoms with Gasteiger partial charge in [-0.25, -0.2) is 0 Å². The summed E-state index contributed by atoms with van der Waals surface area (Å²) in [5.74, 6) is 1.04. The Morgan fingerprint density at radius 1 is 0.926 bits per heavy atom. The zero-order valence-corrected chi connectivity index (χ0v) is 17.7. The highest BCUT2D eigenvalue weighted by molar-refractivity contribution is 5.33. The summed E-state index contributed by atoms with van der Waals surface area (Å²) in [6, 6.07) is 8.49. The van der Waals surface area contributed by atoms with Gasteiger partial charge in [-0.05, 0) is 50.7 Å². The van der Waals surface area contributed by atoms with Gasteiger partial charge in [-0.2, -0.15) is 0 Å². The Hall–Kier alpha value is -1.28. The molecule has 27 heavy (non-hydrogen) atoms. The number of hydrogen-bond acceptors (Lipinski definition) is 2. The molecule has 1 heterocycles. The summed E-state index contributed by atoms with van der Waals surface area (Å²) in [6.07, 6.45) is 20.5. The van der Waals surface area contributed by atoms with Crippen molar-refractivity contribution in [2.45, 2.75) is 96.5 Å². The van der Waals surface area contributed by atoms with Crippen molar-refractivity contribution in [3.63, 3.8) is 0 Å². The molecule has 1 aromatic carbocycles. The monoisotopic (exact) mass is 372 g/mol. The van der Waals surface area contributed by atoms with E-state index in [0.29, 0.717) is 6.61 Å². The van der Waals surface area contributed by atoms with Crippen LogP contribution in [0, 0.1) is 0 Å². The maximum absolute atomic E-state index is 6.00. The molecule has 0 radical (unpaired) electrons. The van der Waals surface area contributed by atoms with Gasteiger partial charge in [-0.1, -0.05) is 82.2 Å². The van der Waals surface area contributed by atoms with Gasteiger partial charge in [0.15, 0.2) is 0 Å². The van der Waals surface area contributed by atoms with Crippen LogP contribution in [0.2, 0.25) is 0 Å². The fourth-order valence-electron chi connectivity index (χ4n) is 3.33. The Morgan fingerprint density at radius 3 is 2.26 bits per heavy atom. The summed E-state index contributed by atoms with van der Waals surface area (Å²) < 4.78 is 11.4. The molecule has 0 spiro atoms. The van der Waals surface area contributed by atoms with Crippen LogP contribution in [-0.2, 0) is 11.2 Å². The molecule has 2 rings (SSSR count). The van der Waals surface area contributed by atoms with E-state index < -0.39 is 0 Å². The minimum absolute atomic E-state index is 0.0428. The van der Waals surface area contributed by atoms with Gasteiger partial charge in [-0.15, -0.1) is 0 Å². The average molecular weight is 373 g/mol. The first-order valence-corrected chi connectivity index (χ1v) is 11.2. The van der Waals surface area contributed by atoms with Crippen LogP contribution < -0.4 is 4.74 Å². The van der Waals surface area contributed by atoms with Crippen LogP contribution in [0.1, 0.15) is 90.0 Å². The predicted molar refractivity (Wildman–Crippen MR) is 116 cm³/mol. The molecule has 2 nitrogen and oxygen atoms in total. The second-order valence-corrected chi connectivity index (χ2v) is 8.26. The van der Waals surface area contributed by atoms with Gasteiger partial charge in [0.05, 0.1) is 6.61 Å². The van der Waals surface area contributed by atoms with E-state index in [1.165, 1.54) is 76.2 Å². The van der Waals surface area contributed by atoms with E-state index in [4.69, 9.17) is 9.47 Å².